The first-order chi connectivity index (χ1) is 4.81. The Morgan fingerprint density at radius 1 is 1.50 bits per heavy atom. The highest BCUT2D eigenvalue weighted by Gasteiger charge is 1.73. The van der Waals surface area contributed by atoms with Gasteiger partial charge in [-0.15, -0.1) is 0 Å². The zero-order valence-electron chi connectivity index (χ0n) is 6.12. The monoisotopic (exact) mass is 139 g/mol. The fraction of sp³-hybridized carbons (Fsp3) is 0.286. The predicted molar refractivity (Wildman–Crippen MR) is 43.4 cm³/mol. The van der Waals surface area contributed by atoms with E-state index in [1.54, 1.807) is 12.3 Å². The molecule has 0 aliphatic carbocycles. The Labute approximate surface area is 61.1 Å². The van der Waals surface area contributed by atoms with Crippen LogP contribution in [0.15, 0.2) is 24.4 Å². The molecular formula is C7H13N3. The van der Waals surface area contributed by atoms with Crippen LogP contribution in [-0.4, -0.2) is 11.5 Å². The van der Waals surface area contributed by atoms with E-state index in [2.05, 4.69) is 4.98 Å². The Balaban J connectivity index is 0.000000236. The molecule has 1 aromatic rings. The lowest BCUT2D eigenvalue weighted by atomic mass is 10.5. The van der Waals surface area contributed by atoms with Crippen molar-refractivity contribution in [2.45, 2.75) is 6.92 Å². The molecule has 0 bridgehead atoms. The first-order valence-corrected chi connectivity index (χ1v) is 3.17. The van der Waals surface area contributed by atoms with E-state index in [4.69, 9.17) is 11.5 Å². The molecule has 10 heavy (non-hydrogen) atoms. The fourth-order valence-electron chi connectivity index (χ4n) is 0.376. The maximum absolute atomic E-state index is 5.25. The van der Waals surface area contributed by atoms with Crippen LogP contribution in [0.4, 0.5) is 5.82 Å². The van der Waals surface area contributed by atoms with Crippen molar-refractivity contribution in [3.63, 3.8) is 0 Å². The molecule has 1 heterocycles. The molecule has 56 valence electrons. The van der Waals surface area contributed by atoms with Gasteiger partial charge in [0.1, 0.15) is 5.82 Å². The zero-order valence-corrected chi connectivity index (χ0v) is 6.12. The summed E-state index contributed by atoms with van der Waals surface area (Å²) in [5, 5.41) is 0. The van der Waals surface area contributed by atoms with Crippen molar-refractivity contribution in [1.29, 1.82) is 0 Å². The van der Waals surface area contributed by atoms with Gasteiger partial charge in [0.2, 0.25) is 0 Å². The van der Waals surface area contributed by atoms with Crippen LogP contribution >= 0.6 is 0 Å². The van der Waals surface area contributed by atoms with Gasteiger partial charge >= 0.3 is 0 Å². The number of rotatable bonds is 0. The molecule has 0 saturated carbocycles. The molecule has 3 heteroatoms. The first kappa shape index (κ1) is 8.91. The predicted octanol–water partition coefficient (Wildman–Crippen LogP) is 0.629. The van der Waals surface area contributed by atoms with E-state index in [1.807, 2.05) is 19.1 Å². The molecule has 3 nitrogen and oxygen atoms in total. The summed E-state index contributed by atoms with van der Waals surface area (Å²) in [6.45, 7) is 2.65. The number of hydrogen-bond donors (Lipinski definition) is 2. The lowest BCUT2D eigenvalue weighted by Gasteiger charge is -1.82. The molecule has 0 aliphatic rings. The molecule has 0 amide bonds. The summed E-state index contributed by atoms with van der Waals surface area (Å²) in [6, 6.07) is 5.43. The van der Waals surface area contributed by atoms with Gasteiger partial charge in [0.05, 0.1) is 0 Å². The van der Waals surface area contributed by atoms with Crippen molar-refractivity contribution in [2.24, 2.45) is 5.73 Å². The normalized spacial score (nSPS) is 7.80. The number of aromatic nitrogens is 1. The molecule has 0 fully saturated rings. The second kappa shape index (κ2) is 6.04. The van der Waals surface area contributed by atoms with Crippen molar-refractivity contribution in [2.75, 3.05) is 12.3 Å². The minimum atomic E-state index is 0.572. The number of nitrogens with zero attached hydrogens (tertiary/aromatic N) is 1. The minimum Gasteiger partial charge on any atom is -0.384 e. The number of anilines is 1. The molecule has 4 N–H and O–H groups in total. The van der Waals surface area contributed by atoms with E-state index in [9.17, 15) is 0 Å². The van der Waals surface area contributed by atoms with Crippen molar-refractivity contribution < 1.29 is 0 Å². The van der Waals surface area contributed by atoms with Crippen LogP contribution in [0.25, 0.3) is 0 Å². The lowest BCUT2D eigenvalue weighted by Crippen LogP contribution is -1.87. The Hall–Kier alpha value is -1.09. The van der Waals surface area contributed by atoms with Crippen LogP contribution in [-0.2, 0) is 0 Å². The summed E-state index contributed by atoms with van der Waals surface area (Å²) in [7, 11) is 0. The summed E-state index contributed by atoms with van der Waals surface area (Å²) < 4.78 is 0. The third kappa shape index (κ3) is 5.05. The SMILES string of the molecule is CCN.Nc1ccccn1. The highest BCUT2D eigenvalue weighted by molar-refractivity contribution is 5.25. The standard InChI is InChI=1S/C5H6N2.C2H7N/c6-5-3-1-2-4-7-5;1-2-3/h1-4H,(H2,6,7);2-3H2,1H3. The van der Waals surface area contributed by atoms with E-state index in [-0.39, 0.29) is 0 Å². The van der Waals surface area contributed by atoms with Gasteiger partial charge in [-0.3, -0.25) is 0 Å². The van der Waals surface area contributed by atoms with Gasteiger partial charge in [-0.25, -0.2) is 4.98 Å². The molecule has 0 aromatic carbocycles. The summed E-state index contributed by atoms with van der Waals surface area (Å²) in [6.07, 6.45) is 1.66. The van der Waals surface area contributed by atoms with E-state index in [0.717, 1.165) is 6.54 Å². The van der Waals surface area contributed by atoms with Gasteiger partial charge in [0, 0.05) is 6.20 Å². The molecule has 0 aliphatic heterocycles. The number of pyridine rings is 1. The van der Waals surface area contributed by atoms with Gasteiger partial charge < -0.3 is 11.5 Å². The van der Waals surface area contributed by atoms with Gasteiger partial charge in [-0.1, -0.05) is 13.0 Å². The molecular weight excluding hydrogens is 126 g/mol. The summed E-state index contributed by atoms with van der Waals surface area (Å²) >= 11 is 0. The van der Waals surface area contributed by atoms with Crippen LogP contribution in [0.2, 0.25) is 0 Å². The molecule has 0 radical (unpaired) electrons. The van der Waals surface area contributed by atoms with Crippen LogP contribution in [0.1, 0.15) is 6.92 Å². The molecule has 1 aromatic heterocycles. The van der Waals surface area contributed by atoms with Crippen LogP contribution in [0, 0.1) is 0 Å². The maximum Gasteiger partial charge on any atom is 0.123 e. The third-order valence-electron chi connectivity index (χ3n) is 0.688. The second-order valence-electron chi connectivity index (χ2n) is 1.66. The highest BCUT2D eigenvalue weighted by Crippen LogP contribution is 1.89. The highest BCUT2D eigenvalue weighted by atomic mass is 14.8. The van der Waals surface area contributed by atoms with E-state index in [0.29, 0.717) is 5.82 Å². The fourth-order valence-corrected chi connectivity index (χ4v) is 0.376. The number of nitrogen functional groups attached to an aromatic ring is 1. The smallest absolute Gasteiger partial charge is 0.123 e. The third-order valence-corrected chi connectivity index (χ3v) is 0.688. The Morgan fingerprint density at radius 2 is 2.10 bits per heavy atom. The largest absolute Gasteiger partial charge is 0.384 e. The topological polar surface area (TPSA) is 64.9 Å². The Bertz CT molecular complexity index is 150. The first-order valence-electron chi connectivity index (χ1n) is 3.17. The summed E-state index contributed by atoms with van der Waals surface area (Å²) in [4.78, 5) is 3.76. The average Bonchev–Trinajstić information content (AvgIpc) is 1.91. The molecule has 1 rings (SSSR count). The van der Waals surface area contributed by atoms with Crippen LogP contribution in [0.3, 0.4) is 0 Å². The van der Waals surface area contributed by atoms with Crippen molar-refractivity contribution in [3.8, 4) is 0 Å². The summed E-state index contributed by atoms with van der Waals surface area (Å²) in [5.41, 5.74) is 10.1. The Morgan fingerprint density at radius 3 is 2.30 bits per heavy atom. The second-order valence-corrected chi connectivity index (χ2v) is 1.66. The van der Waals surface area contributed by atoms with Crippen molar-refractivity contribution in [3.05, 3.63) is 24.4 Å². The zero-order chi connectivity index (χ0) is 7.82. The van der Waals surface area contributed by atoms with Gasteiger partial charge in [-0.2, -0.15) is 0 Å². The molecule has 0 saturated heterocycles. The van der Waals surface area contributed by atoms with Crippen LogP contribution in [0.5, 0.6) is 0 Å². The summed E-state index contributed by atoms with van der Waals surface area (Å²) in [5.74, 6) is 0.572. The molecule has 0 atom stereocenters. The molecule has 0 spiro atoms. The lowest BCUT2D eigenvalue weighted by molar-refractivity contribution is 1.14. The molecule has 0 unspecified atom stereocenters. The van der Waals surface area contributed by atoms with Gasteiger partial charge in [-0.05, 0) is 18.7 Å². The van der Waals surface area contributed by atoms with Crippen molar-refractivity contribution >= 4 is 5.82 Å². The average molecular weight is 139 g/mol. The van der Waals surface area contributed by atoms with Crippen molar-refractivity contribution in [1.82, 2.24) is 4.98 Å². The maximum atomic E-state index is 5.25. The quantitative estimate of drug-likeness (QED) is 0.554. The Kier molecular flexibility index (Phi) is 5.38. The number of nitrogens with two attached hydrogens (primary N) is 2. The van der Waals surface area contributed by atoms with Gasteiger partial charge in [0.15, 0.2) is 0 Å². The van der Waals surface area contributed by atoms with Gasteiger partial charge in [0.25, 0.3) is 0 Å². The van der Waals surface area contributed by atoms with Crippen LogP contribution < -0.4 is 11.5 Å². The minimum absolute atomic E-state index is 0.572. The van der Waals surface area contributed by atoms with E-state index < -0.39 is 0 Å². The number of hydrogen-bond acceptors (Lipinski definition) is 3. The van der Waals surface area contributed by atoms with E-state index in [1.165, 1.54) is 0 Å². The van der Waals surface area contributed by atoms with E-state index >= 15 is 0 Å².